The molecule has 2 amide bonds. The van der Waals surface area contributed by atoms with Crippen molar-refractivity contribution in [1.29, 1.82) is 0 Å². The van der Waals surface area contributed by atoms with Gasteiger partial charge < -0.3 is 10.3 Å². The molecule has 1 aliphatic carbocycles. The Morgan fingerprint density at radius 2 is 2.13 bits per heavy atom. The molecule has 0 bridgehead atoms. The zero-order chi connectivity index (χ0) is 21.7. The van der Waals surface area contributed by atoms with Gasteiger partial charge in [-0.2, -0.15) is 0 Å². The Morgan fingerprint density at radius 1 is 1.40 bits per heavy atom. The number of aromatic nitrogens is 3. The SMILES string of the molecule is CC(C)(C)C(NC(=O)[C@H](CC1CCCC1)CN(O)C=O)c1ncc(-c2nccs2)[nH]1. The molecule has 1 fully saturated rings. The van der Waals surface area contributed by atoms with Crippen LogP contribution in [0.5, 0.6) is 0 Å². The van der Waals surface area contributed by atoms with Gasteiger partial charge in [0.25, 0.3) is 0 Å². The van der Waals surface area contributed by atoms with E-state index in [9.17, 15) is 14.8 Å². The van der Waals surface area contributed by atoms with Gasteiger partial charge in [-0.05, 0) is 17.8 Å². The molecule has 1 saturated carbocycles. The van der Waals surface area contributed by atoms with Crippen LogP contribution in [0.4, 0.5) is 0 Å². The molecule has 30 heavy (non-hydrogen) atoms. The van der Waals surface area contributed by atoms with E-state index in [1.807, 2.05) is 26.2 Å². The standard InChI is InChI=1S/C21H31N5O3S/c1-21(2,3)17(18-23-11-16(24-18)20-22-8-9-30-20)25-19(28)15(12-26(29)13-27)10-14-6-4-5-7-14/h8-9,11,13-15,17,29H,4-7,10,12H2,1-3H3,(H,23,24)(H,25,28)/t15-,17?/m1/s1. The van der Waals surface area contributed by atoms with Crippen molar-refractivity contribution in [2.24, 2.45) is 17.3 Å². The van der Waals surface area contributed by atoms with Gasteiger partial charge in [-0.3, -0.25) is 14.8 Å². The third-order valence-electron chi connectivity index (χ3n) is 5.68. The molecular weight excluding hydrogens is 402 g/mol. The fourth-order valence-corrected chi connectivity index (χ4v) is 4.69. The number of hydrogen-bond acceptors (Lipinski definition) is 6. The van der Waals surface area contributed by atoms with Crippen molar-refractivity contribution in [1.82, 2.24) is 25.3 Å². The number of nitrogens with zero attached hydrogens (tertiary/aromatic N) is 3. The Labute approximate surface area is 181 Å². The quantitative estimate of drug-likeness (QED) is 0.317. The van der Waals surface area contributed by atoms with Gasteiger partial charge in [0.1, 0.15) is 10.8 Å². The number of carbonyl (C=O) groups excluding carboxylic acids is 2. The summed E-state index contributed by atoms with van der Waals surface area (Å²) in [5.74, 6) is 0.474. The van der Waals surface area contributed by atoms with E-state index in [1.54, 1.807) is 12.4 Å². The monoisotopic (exact) mass is 433 g/mol. The van der Waals surface area contributed by atoms with Gasteiger partial charge in [0.2, 0.25) is 12.3 Å². The van der Waals surface area contributed by atoms with Gasteiger partial charge in [-0.1, -0.05) is 46.5 Å². The van der Waals surface area contributed by atoms with E-state index in [0.717, 1.165) is 23.5 Å². The Bertz CT molecular complexity index is 824. The molecule has 0 spiro atoms. The largest absolute Gasteiger partial charge is 0.345 e. The highest BCUT2D eigenvalue weighted by Crippen LogP contribution is 2.34. The minimum absolute atomic E-state index is 0.00871. The van der Waals surface area contributed by atoms with E-state index < -0.39 is 5.92 Å². The van der Waals surface area contributed by atoms with Crippen molar-refractivity contribution < 1.29 is 14.8 Å². The van der Waals surface area contributed by atoms with E-state index in [4.69, 9.17) is 0 Å². The van der Waals surface area contributed by atoms with Crippen molar-refractivity contribution >= 4 is 23.7 Å². The second-order valence-electron chi connectivity index (χ2n) is 9.14. The number of thiazole rings is 1. The second kappa shape index (κ2) is 9.70. The summed E-state index contributed by atoms with van der Waals surface area (Å²) < 4.78 is 0. The van der Waals surface area contributed by atoms with Crippen molar-refractivity contribution in [3.05, 3.63) is 23.6 Å². The summed E-state index contributed by atoms with van der Waals surface area (Å²) in [6, 6.07) is -0.354. The zero-order valence-electron chi connectivity index (χ0n) is 17.8. The highest BCUT2D eigenvalue weighted by Gasteiger charge is 2.34. The fourth-order valence-electron chi connectivity index (χ4n) is 4.09. The maximum atomic E-state index is 13.2. The number of aromatic amines is 1. The lowest BCUT2D eigenvalue weighted by Gasteiger charge is -2.32. The molecule has 0 aliphatic heterocycles. The summed E-state index contributed by atoms with van der Waals surface area (Å²) >= 11 is 1.52. The molecule has 3 N–H and O–H groups in total. The maximum Gasteiger partial charge on any atom is 0.233 e. The molecule has 9 heteroatoms. The van der Waals surface area contributed by atoms with Crippen molar-refractivity contribution in [3.63, 3.8) is 0 Å². The molecule has 0 aromatic carbocycles. The first-order chi connectivity index (χ1) is 14.3. The van der Waals surface area contributed by atoms with Crippen molar-refractivity contribution in [3.8, 4) is 10.7 Å². The van der Waals surface area contributed by atoms with Gasteiger partial charge in [-0.25, -0.2) is 15.0 Å². The number of H-pyrrole nitrogens is 1. The van der Waals surface area contributed by atoms with Crippen molar-refractivity contribution in [2.45, 2.75) is 58.9 Å². The van der Waals surface area contributed by atoms with Gasteiger partial charge in [0, 0.05) is 11.6 Å². The first-order valence-corrected chi connectivity index (χ1v) is 11.3. The predicted molar refractivity (Wildman–Crippen MR) is 115 cm³/mol. The maximum absolute atomic E-state index is 13.2. The smallest absolute Gasteiger partial charge is 0.233 e. The Hall–Kier alpha value is -2.26. The lowest BCUT2D eigenvalue weighted by Crippen LogP contribution is -2.43. The lowest BCUT2D eigenvalue weighted by molar-refractivity contribution is -0.155. The molecule has 2 aromatic rings. The molecule has 2 heterocycles. The van der Waals surface area contributed by atoms with E-state index in [-0.39, 0.29) is 23.9 Å². The van der Waals surface area contributed by atoms with Crippen LogP contribution in [-0.4, -0.2) is 44.1 Å². The van der Waals surface area contributed by atoms with Crippen LogP contribution in [0.3, 0.4) is 0 Å². The van der Waals surface area contributed by atoms with Gasteiger partial charge in [0.05, 0.1) is 30.4 Å². The van der Waals surface area contributed by atoms with Crippen LogP contribution in [-0.2, 0) is 9.59 Å². The number of hydroxylamine groups is 2. The van der Waals surface area contributed by atoms with Crippen LogP contribution in [0.1, 0.15) is 64.7 Å². The van der Waals surface area contributed by atoms with Gasteiger partial charge in [-0.15, -0.1) is 11.3 Å². The molecule has 3 rings (SSSR count). The summed E-state index contributed by atoms with van der Waals surface area (Å²) in [6.45, 7) is 6.11. The highest BCUT2D eigenvalue weighted by atomic mass is 32.1. The summed E-state index contributed by atoms with van der Waals surface area (Å²) in [4.78, 5) is 36.3. The Kier molecular flexibility index (Phi) is 7.25. The van der Waals surface area contributed by atoms with E-state index >= 15 is 0 Å². The topological polar surface area (TPSA) is 111 Å². The zero-order valence-corrected chi connectivity index (χ0v) is 18.6. The molecule has 2 atom stereocenters. The molecular formula is C21H31N5O3S. The predicted octanol–water partition coefficient (Wildman–Crippen LogP) is 3.78. The number of hydrogen-bond donors (Lipinski definition) is 3. The van der Waals surface area contributed by atoms with E-state index in [2.05, 4.69) is 20.3 Å². The van der Waals surface area contributed by atoms with Gasteiger partial charge >= 0.3 is 0 Å². The summed E-state index contributed by atoms with van der Waals surface area (Å²) in [5, 5.41) is 16.2. The van der Waals surface area contributed by atoms with Crippen LogP contribution in [0, 0.1) is 17.3 Å². The summed E-state index contributed by atoms with van der Waals surface area (Å²) in [5.41, 5.74) is 0.517. The Balaban J connectivity index is 1.78. The first-order valence-electron chi connectivity index (χ1n) is 10.4. The molecule has 164 valence electrons. The molecule has 1 unspecified atom stereocenters. The number of imidazole rings is 1. The first kappa shape index (κ1) is 22.4. The number of carbonyl (C=O) groups is 2. The molecule has 0 radical (unpaired) electrons. The third-order valence-corrected chi connectivity index (χ3v) is 6.48. The Morgan fingerprint density at radius 3 is 2.73 bits per heavy atom. The average Bonchev–Trinajstić information content (AvgIpc) is 3.46. The molecule has 1 aliphatic rings. The third kappa shape index (κ3) is 5.66. The van der Waals surface area contributed by atoms with Crippen LogP contribution in [0.15, 0.2) is 17.8 Å². The molecule has 0 saturated heterocycles. The number of rotatable bonds is 9. The molecule has 2 aromatic heterocycles. The normalized spacial score (nSPS) is 16.9. The van der Waals surface area contributed by atoms with Crippen molar-refractivity contribution in [2.75, 3.05) is 6.54 Å². The van der Waals surface area contributed by atoms with E-state index in [0.29, 0.717) is 29.6 Å². The van der Waals surface area contributed by atoms with Crippen LogP contribution in [0.2, 0.25) is 0 Å². The minimum atomic E-state index is -0.471. The number of nitrogens with one attached hydrogen (secondary N) is 2. The fraction of sp³-hybridized carbons (Fsp3) is 0.619. The average molecular weight is 434 g/mol. The lowest BCUT2D eigenvalue weighted by atomic mass is 9.85. The summed E-state index contributed by atoms with van der Waals surface area (Å²) in [6.07, 6.45) is 9.02. The second-order valence-corrected chi connectivity index (χ2v) is 10.0. The number of amides is 2. The van der Waals surface area contributed by atoms with Crippen LogP contribution >= 0.6 is 11.3 Å². The van der Waals surface area contributed by atoms with Gasteiger partial charge in [0.15, 0.2) is 0 Å². The summed E-state index contributed by atoms with van der Waals surface area (Å²) in [7, 11) is 0. The minimum Gasteiger partial charge on any atom is -0.345 e. The highest BCUT2D eigenvalue weighted by molar-refractivity contribution is 7.13. The molecule has 8 nitrogen and oxygen atoms in total. The van der Waals surface area contributed by atoms with Crippen LogP contribution < -0.4 is 5.32 Å². The van der Waals surface area contributed by atoms with E-state index in [1.165, 1.54) is 24.2 Å². The van der Waals surface area contributed by atoms with Crippen LogP contribution in [0.25, 0.3) is 10.7 Å².